The van der Waals surface area contributed by atoms with Crippen LogP contribution in [0.25, 0.3) is 0 Å². The van der Waals surface area contributed by atoms with Crippen LogP contribution in [0.5, 0.6) is 0 Å². The van der Waals surface area contributed by atoms with E-state index in [1.807, 2.05) is 20.8 Å². The zero-order valence-corrected chi connectivity index (χ0v) is 14.8. The van der Waals surface area contributed by atoms with Crippen LogP contribution in [0.4, 0.5) is 0 Å². The first-order chi connectivity index (χ1) is 9.88. The van der Waals surface area contributed by atoms with Crippen LogP contribution in [0.3, 0.4) is 0 Å². The summed E-state index contributed by atoms with van der Waals surface area (Å²) < 4.78 is 26.7. The van der Waals surface area contributed by atoms with Crippen LogP contribution in [0.1, 0.15) is 39.2 Å². The number of nitrogens with one attached hydrogen (secondary N) is 1. The van der Waals surface area contributed by atoms with E-state index in [-0.39, 0.29) is 10.9 Å². The Morgan fingerprint density at radius 2 is 1.86 bits per heavy atom. The highest BCUT2D eigenvalue weighted by atomic mass is 35.5. The van der Waals surface area contributed by atoms with Crippen molar-refractivity contribution in [3.63, 3.8) is 0 Å². The van der Waals surface area contributed by atoms with Gasteiger partial charge in [-0.25, -0.2) is 8.42 Å². The van der Waals surface area contributed by atoms with Crippen molar-refractivity contribution in [3.8, 4) is 0 Å². The lowest BCUT2D eigenvalue weighted by Gasteiger charge is -2.25. The van der Waals surface area contributed by atoms with Gasteiger partial charge in [0.1, 0.15) is 0 Å². The molecule has 0 fully saturated rings. The van der Waals surface area contributed by atoms with Crippen molar-refractivity contribution in [2.24, 2.45) is 0 Å². The van der Waals surface area contributed by atoms with Gasteiger partial charge in [0.05, 0.1) is 4.90 Å². The average molecular weight is 333 g/mol. The second kappa shape index (κ2) is 8.13. The van der Waals surface area contributed by atoms with Gasteiger partial charge in [0, 0.05) is 24.7 Å². The zero-order valence-electron chi connectivity index (χ0n) is 13.2. The summed E-state index contributed by atoms with van der Waals surface area (Å²) in [6, 6.07) is 4.96. The minimum atomic E-state index is -3.49. The maximum atomic E-state index is 12.6. The molecule has 0 aliphatic carbocycles. The standard InChI is InChI=1S/C15H25ClN2O2S/c1-5-13(6-2)18(4)21(19,20)14-9-8-12(11-17-7-3)15(16)10-14/h8-10,13,17H,5-7,11H2,1-4H3. The van der Waals surface area contributed by atoms with Gasteiger partial charge in [0.15, 0.2) is 0 Å². The average Bonchev–Trinajstić information content (AvgIpc) is 2.47. The van der Waals surface area contributed by atoms with Crippen LogP contribution in [0.2, 0.25) is 5.02 Å². The van der Waals surface area contributed by atoms with Crippen LogP contribution in [-0.4, -0.2) is 32.4 Å². The summed E-state index contributed by atoms with van der Waals surface area (Å²) in [6.07, 6.45) is 1.58. The van der Waals surface area contributed by atoms with E-state index in [1.54, 1.807) is 25.2 Å². The Kier molecular flexibility index (Phi) is 7.13. The summed E-state index contributed by atoms with van der Waals surface area (Å²) in [5.74, 6) is 0. The maximum absolute atomic E-state index is 12.6. The van der Waals surface area contributed by atoms with Crippen molar-refractivity contribution in [1.29, 1.82) is 0 Å². The van der Waals surface area contributed by atoms with Crippen LogP contribution < -0.4 is 5.32 Å². The van der Waals surface area contributed by atoms with Crippen molar-refractivity contribution in [2.45, 2.75) is 51.1 Å². The van der Waals surface area contributed by atoms with Gasteiger partial charge in [-0.15, -0.1) is 0 Å². The predicted molar refractivity (Wildman–Crippen MR) is 88.2 cm³/mol. The van der Waals surface area contributed by atoms with E-state index in [4.69, 9.17) is 11.6 Å². The highest BCUT2D eigenvalue weighted by Crippen LogP contribution is 2.24. The lowest BCUT2D eigenvalue weighted by Crippen LogP contribution is -2.36. The summed E-state index contributed by atoms with van der Waals surface area (Å²) in [6.45, 7) is 7.47. The minimum absolute atomic E-state index is 0.00945. The third kappa shape index (κ3) is 4.42. The number of benzene rings is 1. The molecule has 0 unspecified atom stereocenters. The molecule has 0 aromatic heterocycles. The first kappa shape index (κ1) is 18.4. The quantitative estimate of drug-likeness (QED) is 0.795. The predicted octanol–water partition coefficient (Wildman–Crippen LogP) is 3.26. The molecule has 0 atom stereocenters. The molecule has 0 amide bonds. The highest BCUT2D eigenvalue weighted by Gasteiger charge is 2.26. The molecule has 0 aliphatic rings. The molecular weight excluding hydrogens is 308 g/mol. The molecule has 0 spiro atoms. The third-order valence-corrected chi connectivity index (χ3v) is 5.98. The van der Waals surface area contributed by atoms with Crippen LogP contribution in [0.15, 0.2) is 23.1 Å². The molecule has 0 radical (unpaired) electrons. The van der Waals surface area contributed by atoms with E-state index in [0.717, 1.165) is 24.9 Å². The van der Waals surface area contributed by atoms with E-state index in [9.17, 15) is 8.42 Å². The van der Waals surface area contributed by atoms with Crippen molar-refractivity contribution >= 4 is 21.6 Å². The Balaban J connectivity index is 3.06. The Hall–Kier alpha value is -0.620. The first-order valence-corrected chi connectivity index (χ1v) is 9.17. The van der Waals surface area contributed by atoms with E-state index in [1.165, 1.54) is 4.31 Å². The summed E-state index contributed by atoms with van der Waals surface area (Å²) in [5.41, 5.74) is 0.905. The fourth-order valence-corrected chi connectivity index (χ4v) is 4.10. The Labute approximate surface area is 133 Å². The van der Waals surface area contributed by atoms with Gasteiger partial charge >= 0.3 is 0 Å². The number of halogens is 1. The van der Waals surface area contributed by atoms with Crippen molar-refractivity contribution < 1.29 is 8.42 Å². The highest BCUT2D eigenvalue weighted by molar-refractivity contribution is 7.89. The van der Waals surface area contributed by atoms with Crippen LogP contribution >= 0.6 is 11.6 Å². The smallest absolute Gasteiger partial charge is 0.243 e. The topological polar surface area (TPSA) is 49.4 Å². The lowest BCUT2D eigenvalue weighted by molar-refractivity contribution is 0.349. The van der Waals surface area contributed by atoms with Gasteiger partial charge < -0.3 is 5.32 Å². The Morgan fingerprint density at radius 1 is 1.24 bits per heavy atom. The van der Waals surface area contributed by atoms with Crippen molar-refractivity contribution in [3.05, 3.63) is 28.8 Å². The number of nitrogens with zero attached hydrogens (tertiary/aromatic N) is 1. The second-order valence-corrected chi connectivity index (χ2v) is 7.43. The summed E-state index contributed by atoms with van der Waals surface area (Å²) in [4.78, 5) is 0.252. The molecule has 0 aliphatic heterocycles. The second-order valence-electron chi connectivity index (χ2n) is 5.03. The largest absolute Gasteiger partial charge is 0.313 e. The lowest BCUT2D eigenvalue weighted by atomic mass is 10.2. The first-order valence-electron chi connectivity index (χ1n) is 7.35. The van der Waals surface area contributed by atoms with Crippen LogP contribution in [0, 0.1) is 0 Å². The van der Waals surface area contributed by atoms with Gasteiger partial charge in [0.25, 0.3) is 0 Å². The summed E-state index contributed by atoms with van der Waals surface area (Å²) >= 11 is 6.20. The summed E-state index contributed by atoms with van der Waals surface area (Å²) in [5, 5.41) is 3.66. The van der Waals surface area contributed by atoms with E-state index >= 15 is 0 Å². The monoisotopic (exact) mass is 332 g/mol. The van der Waals surface area contributed by atoms with Gasteiger partial charge in [-0.05, 0) is 37.1 Å². The number of sulfonamides is 1. The van der Waals surface area contributed by atoms with E-state index < -0.39 is 10.0 Å². The zero-order chi connectivity index (χ0) is 16.0. The molecule has 1 N–H and O–H groups in total. The molecule has 21 heavy (non-hydrogen) atoms. The number of hydrogen-bond acceptors (Lipinski definition) is 3. The molecular formula is C15H25ClN2O2S. The van der Waals surface area contributed by atoms with E-state index in [0.29, 0.717) is 11.6 Å². The number of hydrogen-bond donors (Lipinski definition) is 1. The molecule has 6 heteroatoms. The molecule has 0 heterocycles. The minimum Gasteiger partial charge on any atom is -0.313 e. The Morgan fingerprint density at radius 3 is 2.33 bits per heavy atom. The molecule has 1 aromatic rings. The molecule has 0 saturated heterocycles. The fraction of sp³-hybridized carbons (Fsp3) is 0.600. The summed E-state index contributed by atoms with van der Waals surface area (Å²) in [7, 11) is -1.86. The van der Waals surface area contributed by atoms with Gasteiger partial charge in [-0.2, -0.15) is 4.31 Å². The third-order valence-electron chi connectivity index (χ3n) is 3.72. The Bertz CT molecular complexity index is 557. The molecule has 120 valence electrons. The van der Waals surface area contributed by atoms with E-state index in [2.05, 4.69) is 5.32 Å². The molecule has 1 aromatic carbocycles. The molecule has 1 rings (SSSR count). The normalized spacial score (nSPS) is 12.3. The molecule has 4 nitrogen and oxygen atoms in total. The SMILES string of the molecule is CCNCc1ccc(S(=O)(=O)N(C)C(CC)CC)cc1Cl. The van der Waals surface area contributed by atoms with Crippen molar-refractivity contribution in [2.75, 3.05) is 13.6 Å². The fourth-order valence-electron chi connectivity index (χ4n) is 2.26. The number of rotatable bonds is 8. The van der Waals surface area contributed by atoms with Gasteiger partial charge in [-0.1, -0.05) is 38.4 Å². The molecule has 0 bridgehead atoms. The van der Waals surface area contributed by atoms with Gasteiger partial charge in [-0.3, -0.25) is 0 Å². The molecule has 0 saturated carbocycles. The maximum Gasteiger partial charge on any atom is 0.243 e. The van der Waals surface area contributed by atoms with Crippen molar-refractivity contribution in [1.82, 2.24) is 9.62 Å². The van der Waals surface area contributed by atoms with Gasteiger partial charge in [0.2, 0.25) is 10.0 Å². The van der Waals surface area contributed by atoms with Crippen LogP contribution in [-0.2, 0) is 16.6 Å².